The number of carbonyl (C=O) groups is 1. The van der Waals surface area contributed by atoms with E-state index in [2.05, 4.69) is 15.3 Å². The minimum atomic E-state index is -3.17. The smallest absolute Gasteiger partial charge is 0.275 e. The van der Waals surface area contributed by atoms with Gasteiger partial charge in [-0.3, -0.25) is 9.78 Å². The zero-order valence-electron chi connectivity index (χ0n) is 11.1. The topological polar surface area (TPSA) is 89.0 Å². The maximum atomic E-state index is 12.0. The van der Waals surface area contributed by atoms with Crippen molar-refractivity contribution in [3.8, 4) is 0 Å². The summed E-state index contributed by atoms with van der Waals surface area (Å²) in [6.45, 7) is 0. The fraction of sp³-hybridized carbons (Fsp3) is 0.214. The van der Waals surface area contributed by atoms with Gasteiger partial charge in [0.2, 0.25) is 0 Å². The summed E-state index contributed by atoms with van der Waals surface area (Å²) < 4.78 is 23.8. The quantitative estimate of drug-likeness (QED) is 0.907. The Kier molecular flexibility index (Phi) is 3.42. The first-order valence-corrected chi connectivity index (χ1v) is 8.14. The van der Waals surface area contributed by atoms with E-state index in [9.17, 15) is 13.2 Å². The summed E-state index contributed by atoms with van der Waals surface area (Å²) in [6.07, 6.45) is 5.60. The van der Waals surface area contributed by atoms with Gasteiger partial charge in [-0.05, 0) is 36.6 Å². The number of rotatable bonds is 2. The van der Waals surface area contributed by atoms with Gasteiger partial charge in [-0.25, -0.2) is 13.4 Å². The van der Waals surface area contributed by atoms with Crippen LogP contribution in [0.15, 0.2) is 41.7 Å². The molecular formula is C14H13N3O3S. The van der Waals surface area contributed by atoms with Gasteiger partial charge in [-0.1, -0.05) is 0 Å². The molecule has 1 aliphatic rings. The molecule has 1 N–H and O–H groups in total. The Labute approximate surface area is 122 Å². The molecule has 0 atom stereocenters. The van der Waals surface area contributed by atoms with Crippen LogP contribution in [0.1, 0.15) is 22.5 Å². The Morgan fingerprint density at radius 1 is 1.24 bits per heavy atom. The van der Waals surface area contributed by atoms with E-state index >= 15 is 0 Å². The summed E-state index contributed by atoms with van der Waals surface area (Å²) >= 11 is 0. The zero-order chi connectivity index (χ0) is 14.9. The number of sulfone groups is 1. The van der Waals surface area contributed by atoms with Gasteiger partial charge in [0.05, 0.1) is 16.8 Å². The number of amides is 1. The van der Waals surface area contributed by atoms with E-state index < -0.39 is 9.84 Å². The van der Waals surface area contributed by atoms with Crippen molar-refractivity contribution in [2.75, 3.05) is 11.1 Å². The summed E-state index contributed by atoms with van der Waals surface area (Å²) in [5.41, 5.74) is 1.52. The Bertz CT molecular complexity index is 788. The first kappa shape index (κ1) is 13.7. The van der Waals surface area contributed by atoms with Crippen LogP contribution in [-0.4, -0.2) is 30.0 Å². The van der Waals surface area contributed by atoms with Gasteiger partial charge in [0, 0.05) is 18.1 Å². The molecule has 0 saturated heterocycles. The third kappa shape index (κ3) is 2.78. The van der Waals surface area contributed by atoms with Crippen molar-refractivity contribution in [1.82, 2.24) is 9.97 Å². The van der Waals surface area contributed by atoms with E-state index in [0.29, 0.717) is 23.4 Å². The van der Waals surface area contributed by atoms with Crippen LogP contribution in [0.2, 0.25) is 0 Å². The van der Waals surface area contributed by atoms with Gasteiger partial charge in [0.25, 0.3) is 5.91 Å². The van der Waals surface area contributed by atoms with Gasteiger partial charge >= 0.3 is 0 Å². The Morgan fingerprint density at radius 3 is 2.86 bits per heavy atom. The largest absolute Gasteiger partial charge is 0.321 e. The lowest BCUT2D eigenvalue weighted by molar-refractivity contribution is 0.102. The van der Waals surface area contributed by atoms with Crippen LogP contribution >= 0.6 is 0 Å². The molecule has 7 heteroatoms. The second-order valence-corrected chi connectivity index (χ2v) is 6.87. The Balaban J connectivity index is 1.87. The second kappa shape index (κ2) is 5.25. The number of carbonyl (C=O) groups excluding carboxylic acids is 1. The molecule has 0 radical (unpaired) electrons. The van der Waals surface area contributed by atoms with E-state index in [1.165, 1.54) is 18.6 Å². The van der Waals surface area contributed by atoms with Crippen molar-refractivity contribution in [2.24, 2.45) is 0 Å². The molecule has 0 spiro atoms. The minimum absolute atomic E-state index is 0.186. The van der Waals surface area contributed by atoms with Crippen LogP contribution < -0.4 is 5.32 Å². The summed E-state index contributed by atoms with van der Waals surface area (Å²) in [7, 11) is -3.17. The van der Waals surface area contributed by atoms with Gasteiger partial charge < -0.3 is 5.32 Å². The third-order valence-corrected chi connectivity index (χ3v) is 5.20. The molecule has 2 aromatic rings. The normalized spacial score (nSPS) is 16.0. The van der Waals surface area contributed by atoms with Gasteiger partial charge in [-0.2, -0.15) is 0 Å². The van der Waals surface area contributed by atoms with Crippen molar-refractivity contribution in [3.05, 3.63) is 48.0 Å². The first-order chi connectivity index (χ1) is 10.1. The zero-order valence-corrected chi connectivity index (χ0v) is 11.9. The predicted octanol–water partition coefficient (Wildman–Crippen LogP) is 1.45. The first-order valence-electron chi connectivity index (χ1n) is 6.49. The predicted molar refractivity (Wildman–Crippen MR) is 76.8 cm³/mol. The monoisotopic (exact) mass is 303 g/mol. The van der Waals surface area contributed by atoms with Crippen LogP contribution in [0.25, 0.3) is 0 Å². The molecule has 108 valence electrons. The fourth-order valence-corrected chi connectivity index (χ4v) is 3.91. The molecule has 21 heavy (non-hydrogen) atoms. The van der Waals surface area contributed by atoms with Crippen molar-refractivity contribution >= 4 is 21.4 Å². The molecule has 6 nitrogen and oxygen atoms in total. The van der Waals surface area contributed by atoms with Crippen molar-refractivity contribution in [1.29, 1.82) is 0 Å². The number of anilines is 1. The highest BCUT2D eigenvalue weighted by molar-refractivity contribution is 7.91. The molecule has 2 heterocycles. The van der Waals surface area contributed by atoms with Gasteiger partial charge in [-0.15, -0.1) is 0 Å². The van der Waals surface area contributed by atoms with Crippen LogP contribution in [0.5, 0.6) is 0 Å². The van der Waals surface area contributed by atoms with Gasteiger partial charge in [0.1, 0.15) is 5.69 Å². The number of hydrogen-bond acceptors (Lipinski definition) is 5. The number of benzene rings is 1. The maximum Gasteiger partial charge on any atom is 0.275 e. The molecule has 3 rings (SSSR count). The summed E-state index contributed by atoms with van der Waals surface area (Å²) in [5.74, 6) is -0.188. The van der Waals surface area contributed by atoms with Crippen molar-refractivity contribution in [2.45, 2.75) is 17.7 Å². The Hall–Kier alpha value is -2.28. The maximum absolute atomic E-state index is 12.0. The standard InChI is InChI=1S/C14H13N3O3S/c18-14(12-9-15-5-6-16-12)17-11-3-4-13-10(8-11)2-1-7-21(13,19)20/h3-6,8-9H,1-2,7H2,(H,17,18). The van der Waals surface area contributed by atoms with Crippen molar-refractivity contribution in [3.63, 3.8) is 0 Å². The van der Waals surface area contributed by atoms with Crippen LogP contribution in [0.4, 0.5) is 5.69 Å². The van der Waals surface area contributed by atoms with E-state index in [1.54, 1.807) is 18.2 Å². The molecule has 0 bridgehead atoms. The second-order valence-electron chi connectivity index (χ2n) is 4.79. The summed E-state index contributed by atoms with van der Waals surface area (Å²) in [4.78, 5) is 20.1. The molecule has 0 fully saturated rings. The molecule has 1 amide bonds. The molecule has 0 aliphatic carbocycles. The SMILES string of the molecule is O=C(Nc1ccc2c(c1)CCCS2(=O)=O)c1cnccn1. The van der Waals surface area contributed by atoms with Crippen LogP contribution in [0, 0.1) is 0 Å². The van der Waals surface area contributed by atoms with E-state index in [4.69, 9.17) is 0 Å². The third-order valence-electron chi connectivity index (χ3n) is 3.31. The van der Waals surface area contributed by atoms with E-state index in [-0.39, 0.29) is 17.4 Å². The summed E-state index contributed by atoms with van der Waals surface area (Å²) in [5, 5.41) is 2.70. The number of nitrogens with zero attached hydrogens (tertiary/aromatic N) is 2. The number of hydrogen-bond donors (Lipinski definition) is 1. The minimum Gasteiger partial charge on any atom is -0.321 e. The molecule has 0 unspecified atom stereocenters. The number of fused-ring (bicyclic) bond motifs is 1. The molecule has 1 aromatic heterocycles. The number of nitrogens with one attached hydrogen (secondary N) is 1. The fourth-order valence-electron chi connectivity index (χ4n) is 2.33. The highest BCUT2D eigenvalue weighted by atomic mass is 32.2. The average molecular weight is 303 g/mol. The lowest BCUT2D eigenvalue weighted by Crippen LogP contribution is -2.18. The molecular weight excluding hydrogens is 290 g/mol. The lowest BCUT2D eigenvalue weighted by Gasteiger charge is -2.17. The number of aromatic nitrogens is 2. The Morgan fingerprint density at radius 2 is 2.10 bits per heavy atom. The van der Waals surface area contributed by atoms with Crippen molar-refractivity contribution < 1.29 is 13.2 Å². The molecule has 0 saturated carbocycles. The average Bonchev–Trinajstić information content (AvgIpc) is 2.47. The summed E-state index contributed by atoms with van der Waals surface area (Å²) in [6, 6.07) is 4.85. The van der Waals surface area contributed by atoms with Crippen LogP contribution in [-0.2, 0) is 16.3 Å². The van der Waals surface area contributed by atoms with Crippen LogP contribution in [0.3, 0.4) is 0 Å². The van der Waals surface area contributed by atoms with Gasteiger partial charge in [0.15, 0.2) is 9.84 Å². The highest BCUT2D eigenvalue weighted by Gasteiger charge is 2.23. The van der Waals surface area contributed by atoms with E-state index in [1.807, 2.05) is 0 Å². The van der Waals surface area contributed by atoms with E-state index in [0.717, 1.165) is 5.56 Å². The molecule has 1 aromatic carbocycles. The molecule has 1 aliphatic heterocycles. The lowest BCUT2D eigenvalue weighted by atomic mass is 10.1. The highest BCUT2D eigenvalue weighted by Crippen LogP contribution is 2.27. The number of aryl methyl sites for hydroxylation is 1.